The third-order valence-electron chi connectivity index (χ3n) is 6.22. The van der Waals surface area contributed by atoms with Crippen LogP contribution < -0.4 is 9.47 Å². The van der Waals surface area contributed by atoms with Crippen molar-refractivity contribution < 1.29 is 32.2 Å². The van der Waals surface area contributed by atoms with Crippen molar-refractivity contribution in [3.05, 3.63) is 23.8 Å². The Balaban J connectivity index is 1.45. The molecule has 2 heterocycles. The van der Waals surface area contributed by atoms with Gasteiger partial charge in [0, 0.05) is 51.4 Å². The van der Waals surface area contributed by atoms with Gasteiger partial charge in [-0.1, -0.05) is 0 Å². The summed E-state index contributed by atoms with van der Waals surface area (Å²) in [5, 5.41) is 0. The first-order chi connectivity index (χ1) is 15.8. The van der Waals surface area contributed by atoms with Gasteiger partial charge in [-0.15, -0.1) is 0 Å². The molecular formula is C23H34F3N3O4. The highest BCUT2D eigenvalue weighted by Crippen LogP contribution is 2.39. The minimum absolute atomic E-state index is 0.0273. The third-order valence-corrected chi connectivity index (χ3v) is 6.22. The van der Waals surface area contributed by atoms with E-state index < -0.39 is 12.8 Å². The second-order valence-electron chi connectivity index (χ2n) is 8.49. The number of alkyl halides is 3. The SMILES string of the molecule is COc1ccc(OC)c(C2CCCN2C(=O)CN2CCN(CCCOCC(F)(F)F)CC2)c1. The minimum atomic E-state index is -4.27. The van der Waals surface area contributed by atoms with Gasteiger partial charge in [-0.25, -0.2) is 0 Å². The molecule has 33 heavy (non-hydrogen) atoms. The van der Waals surface area contributed by atoms with Crippen LogP contribution in [0.3, 0.4) is 0 Å². The first kappa shape index (κ1) is 25.6. The van der Waals surface area contributed by atoms with Crippen molar-refractivity contribution in [3.63, 3.8) is 0 Å². The third kappa shape index (κ3) is 7.48. The molecular weight excluding hydrogens is 439 g/mol. The molecule has 0 N–H and O–H groups in total. The Labute approximate surface area is 193 Å². The highest BCUT2D eigenvalue weighted by molar-refractivity contribution is 5.79. The maximum atomic E-state index is 13.1. The highest BCUT2D eigenvalue weighted by atomic mass is 19.4. The number of nitrogens with zero attached hydrogens (tertiary/aromatic N) is 3. The van der Waals surface area contributed by atoms with Gasteiger partial charge in [0.05, 0.1) is 26.8 Å². The summed E-state index contributed by atoms with van der Waals surface area (Å²) in [7, 11) is 3.26. The number of amides is 1. The Bertz CT molecular complexity index is 770. The number of methoxy groups -OCH3 is 2. The average Bonchev–Trinajstić information content (AvgIpc) is 3.28. The summed E-state index contributed by atoms with van der Waals surface area (Å²) < 4.78 is 51.9. The van der Waals surface area contributed by atoms with E-state index in [9.17, 15) is 18.0 Å². The fourth-order valence-corrected chi connectivity index (χ4v) is 4.52. The normalized spacial score (nSPS) is 20.3. The molecule has 1 aromatic rings. The number of carbonyl (C=O) groups is 1. The lowest BCUT2D eigenvalue weighted by molar-refractivity contribution is -0.174. The van der Waals surface area contributed by atoms with Crippen molar-refractivity contribution in [2.24, 2.45) is 0 Å². The summed E-state index contributed by atoms with van der Waals surface area (Å²) in [5.74, 6) is 1.61. The van der Waals surface area contributed by atoms with E-state index >= 15 is 0 Å². The van der Waals surface area contributed by atoms with Crippen LogP contribution in [0.2, 0.25) is 0 Å². The Kier molecular flexibility index (Phi) is 9.22. The molecule has 1 atom stereocenters. The first-order valence-corrected chi connectivity index (χ1v) is 11.4. The number of rotatable bonds is 10. The van der Waals surface area contributed by atoms with Gasteiger partial charge in [0.2, 0.25) is 5.91 Å². The van der Waals surface area contributed by atoms with Crippen molar-refractivity contribution in [1.82, 2.24) is 14.7 Å². The van der Waals surface area contributed by atoms with Gasteiger partial charge in [-0.3, -0.25) is 9.69 Å². The molecule has 3 rings (SSSR count). The molecule has 2 saturated heterocycles. The van der Waals surface area contributed by atoms with Crippen LogP contribution in [0, 0.1) is 0 Å². The molecule has 0 radical (unpaired) electrons. The Morgan fingerprint density at radius 3 is 2.45 bits per heavy atom. The molecule has 0 bridgehead atoms. The van der Waals surface area contributed by atoms with Crippen LogP contribution in [0.15, 0.2) is 18.2 Å². The van der Waals surface area contributed by atoms with Crippen LogP contribution in [0.25, 0.3) is 0 Å². The fourth-order valence-electron chi connectivity index (χ4n) is 4.52. The zero-order valence-corrected chi connectivity index (χ0v) is 19.4. The molecule has 1 aromatic carbocycles. The molecule has 0 spiro atoms. The molecule has 1 unspecified atom stereocenters. The second-order valence-corrected chi connectivity index (χ2v) is 8.49. The van der Waals surface area contributed by atoms with Crippen LogP contribution >= 0.6 is 0 Å². The molecule has 186 valence electrons. The quantitative estimate of drug-likeness (QED) is 0.487. The lowest BCUT2D eigenvalue weighted by Crippen LogP contribution is -2.50. The van der Waals surface area contributed by atoms with Crippen molar-refractivity contribution in [2.45, 2.75) is 31.5 Å². The lowest BCUT2D eigenvalue weighted by Gasteiger charge is -2.36. The largest absolute Gasteiger partial charge is 0.497 e. The van der Waals surface area contributed by atoms with Crippen molar-refractivity contribution in [1.29, 1.82) is 0 Å². The summed E-state index contributed by atoms with van der Waals surface area (Å²) in [6.07, 6.45) is -1.88. The second kappa shape index (κ2) is 11.9. The van der Waals surface area contributed by atoms with Gasteiger partial charge in [-0.05, 0) is 37.5 Å². The summed E-state index contributed by atoms with van der Waals surface area (Å²) >= 11 is 0. The first-order valence-electron chi connectivity index (χ1n) is 11.4. The Morgan fingerprint density at radius 1 is 1.06 bits per heavy atom. The number of hydrogen-bond acceptors (Lipinski definition) is 6. The molecule has 1 amide bonds. The van der Waals surface area contributed by atoms with Gasteiger partial charge in [0.15, 0.2) is 0 Å². The van der Waals surface area contributed by atoms with Crippen molar-refractivity contribution in [2.75, 3.05) is 73.2 Å². The maximum Gasteiger partial charge on any atom is 0.411 e. The number of benzene rings is 1. The topological polar surface area (TPSA) is 54.5 Å². The number of likely N-dealkylation sites (tertiary alicyclic amines) is 1. The van der Waals surface area contributed by atoms with Crippen LogP contribution in [0.1, 0.15) is 30.9 Å². The summed E-state index contributed by atoms with van der Waals surface area (Å²) in [6, 6.07) is 5.65. The van der Waals surface area contributed by atoms with E-state index in [-0.39, 0.29) is 18.6 Å². The van der Waals surface area contributed by atoms with E-state index in [1.54, 1.807) is 14.2 Å². The molecule has 10 heteroatoms. The highest BCUT2D eigenvalue weighted by Gasteiger charge is 2.33. The van der Waals surface area contributed by atoms with E-state index in [4.69, 9.17) is 9.47 Å². The molecule has 0 saturated carbocycles. The lowest BCUT2D eigenvalue weighted by atomic mass is 10.0. The van der Waals surface area contributed by atoms with E-state index in [1.165, 1.54) is 0 Å². The minimum Gasteiger partial charge on any atom is -0.497 e. The standard InChI is InChI=1S/C23H34F3N3O4/c1-31-18-6-7-21(32-2)19(15-18)20-5-3-9-29(20)22(30)16-28-12-10-27(11-13-28)8-4-14-33-17-23(24,25)26/h6-7,15,20H,3-5,8-14,16-17H2,1-2H3. The summed E-state index contributed by atoms with van der Waals surface area (Å²) in [5.41, 5.74) is 0.972. The predicted molar refractivity (Wildman–Crippen MR) is 118 cm³/mol. The van der Waals surface area contributed by atoms with E-state index in [0.29, 0.717) is 19.5 Å². The predicted octanol–water partition coefficient (Wildman–Crippen LogP) is 2.95. The van der Waals surface area contributed by atoms with Gasteiger partial charge >= 0.3 is 6.18 Å². The van der Waals surface area contributed by atoms with E-state index in [1.807, 2.05) is 23.1 Å². The van der Waals surface area contributed by atoms with Crippen LogP contribution in [-0.4, -0.2) is 100 Å². The number of halogens is 3. The molecule has 2 fully saturated rings. The van der Waals surface area contributed by atoms with Crippen molar-refractivity contribution in [3.8, 4) is 11.5 Å². The molecule has 7 nitrogen and oxygen atoms in total. The zero-order chi connectivity index (χ0) is 23.8. The number of carbonyl (C=O) groups excluding carboxylic acids is 1. The number of piperazine rings is 1. The number of hydrogen-bond donors (Lipinski definition) is 0. The van der Waals surface area contributed by atoms with Gasteiger partial charge < -0.3 is 24.0 Å². The monoisotopic (exact) mass is 473 g/mol. The van der Waals surface area contributed by atoms with Crippen LogP contribution in [0.5, 0.6) is 11.5 Å². The fraction of sp³-hybridized carbons (Fsp3) is 0.696. The summed E-state index contributed by atoms with van der Waals surface area (Å²) in [4.78, 5) is 19.5. The van der Waals surface area contributed by atoms with Gasteiger partial charge in [-0.2, -0.15) is 13.2 Å². The zero-order valence-electron chi connectivity index (χ0n) is 19.4. The van der Waals surface area contributed by atoms with Gasteiger partial charge in [0.1, 0.15) is 18.1 Å². The molecule has 2 aliphatic rings. The van der Waals surface area contributed by atoms with Crippen LogP contribution in [0.4, 0.5) is 13.2 Å². The maximum absolute atomic E-state index is 13.1. The van der Waals surface area contributed by atoms with Crippen LogP contribution in [-0.2, 0) is 9.53 Å². The average molecular weight is 474 g/mol. The summed E-state index contributed by atoms with van der Waals surface area (Å²) in [6.45, 7) is 3.80. The molecule has 2 aliphatic heterocycles. The molecule has 0 aliphatic carbocycles. The van der Waals surface area contributed by atoms with Crippen molar-refractivity contribution >= 4 is 5.91 Å². The Morgan fingerprint density at radius 2 is 1.79 bits per heavy atom. The van der Waals surface area contributed by atoms with E-state index in [2.05, 4.69) is 14.5 Å². The number of ether oxygens (including phenoxy) is 3. The van der Waals surface area contributed by atoms with Gasteiger partial charge in [0.25, 0.3) is 0 Å². The van der Waals surface area contributed by atoms with E-state index in [0.717, 1.165) is 62.6 Å². The smallest absolute Gasteiger partial charge is 0.411 e. The molecule has 0 aromatic heterocycles. The Hall–Kier alpha value is -2.04.